The molecule has 0 spiro atoms. The summed E-state index contributed by atoms with van der Waals surface area (Å²) in [5.41, 5.74) is 1.58. The normalized spacial score (nSPS) is 12.2. The van der Waals surface area contributed by atoms with Crippen LogP contribution >= 0.6 is 11.8 Å². The lowest BCUT2D eigenvalue weighted by atomic mass is 9.96. The van der Waals surface area contributed by atoms with E-state index in [0.29, 0.717) is 22.2 Å². The third-order valence-electron chi connectivity index (χ3n) is 4.76. The number of nitrogens with two attached hydrogens (primary N) is 1. The number of para-hydroxylation sites is 1. The Labute approximate surface area is 192 Å². The van der Waals surface area contributed by atoms with Crippen LogP contribution in [0.3, 0.4) is 0 Å². The van der Waals surface area contributed by atoms with Gasteiger partial charge in [0, 0.05) is 5.41 Å². The van der Waals surface area contributed by atoms with Crippen LogP contribution in [0.4, 0.5) is 5.69 Å². The summed E-state index contributed by atoms with van der Waals surface area (Å²) in [6, 6.07) is 16.4. The summed E-state index contributed by atoms with van der Waals surface area (Å²) in [5.74, 6) is 6.25. The molecule has 8 nitrogen and oxygen atoms in total. The van der Waals surface area contributed by atoms with Crippen LogP contribution in [0.15, 0.2) is 59.8 Å². The number of anilines is 1. The molecule has 2 amide bonds. The van der Waals surface area contributed by atoms with Crippen LogP contribution in [-0.2, 0) is 10.2 Å². The number of nitrogen functional groups attached to an aromatic ring is 1. The van der Waals surface area contributed by atoms with Gasteiger partial charge in [-0.3, -0.25) is 9.59 Å². The molecule has 0 fully saturated rings. The summed E-state index contributed by atoms with van der Waals surface area (Å²) in [6.07, 6.45) is 0. The number of hydrogen-bond acceptors (Lipinski definition) is 6. The van der Waals surface area contributed by atoms with Gasteiger partial charge in [-0.1, -0.05) is 75.0 Å². The molecule has 3 rings (SSSR count). The molecule has 168 valence electrons. The molecule has 0 radical (unpaired) electrons. The average molecular weight is 453 g/mol. The van der Waals surface area contributed by atoms with Crippen molar-refractivity contribution in [2.45, 2.75) is 44.3 Å². The minimum atomic E-state index is -0.272. The molecule has 4 N–H and O–H groups in total. The van der Waals surface area contributed by atoms with Crippen molar-refractivity contribution in [1.82, 2.24) is 20.2 Å². The van der Waals surface area contributed by atoms with Gasteiger partial charge in [-0.15, -0.1) is 10.2 Å². The lowest BCUT2D eigenvalue weighted by molar-refractivity contribution is -0.113. The van der Waals surface area contributed by atoms with Crippen molar-refractivity contribution in [3.8, 4) is 0 Å². The van der Waals surface area contributed by atoms with E-state index in [0.717, 1.165) is 5.56 Å². The Kier molecular flexibility index (Phi) is 7.19. The highest BCUT2D eigenvalue weighted by Crippen LogP contribution is 2.24. The van der Waals surface area contributed by atoms with Crippen LogP contribution in [0.25, 0.3) is 0 Å². The van der Waals surface area contributed by atoms with Crippen molar-refractivity contribution in [2.24, 2.45) is 0 Å². The second-order valence-corrected chi connectivity index (χ2v) is 9.36. The number of nitrogens with zero attached hydrogens (tertiary/aromatic N) is 3. The standard InChI is InChI=1S/C23H28N6O2S/c1-15(16-10-6-5-7-11-16)25-20(31)17-12-8-9-13-18(17)26-19(30)14-32-22-28-27-21(29(22)24)23(2,3)4/h5-13,15H,14,24H2,1-4H3,(H,25,31)(H,26,30)/t15-/m1/s1. The van der Waals surface area contributed by atoms with Gasteiger partial charge >= 0.3 is 0 Å². The molecule has 3 aromatic rings. The third-order valence-corrected chi connectivity index (χ3v) is 5.70. The van der Waals surface area contributed by atoms with Gasteiger partial charge in [0.25, 0.3) is 5.91 Å². The van der Waals surface area contributed by atoms with Gasteiger partial charge in [0.05, 0.1) is 23.0 Å². The van der Waals surface area contributed by atoms with E-state index < -0.39 is 0 Å². The van der Waals surface area contributed by atoms with Gasteiger partial charge < -0.3 is 16.5 Å². The SMILES string of the molecule is C[C@@H](NC(=O)c1ccccc1NC(=O)CSc1nnc(C(C)(C)C)n1N)c1ccccc1. The first-order valence-electron chi connectivity index (χ1n) is 10.2. The monoisotopic (exact) mass is 452 g/mol. The maximum Gasteiger partial charge on any atom is 0.253 e. The van der Waals surface area contributed by atoms with Gasteiger partial charge in [-0.05, 0) is 24.6 Å². The Morgan fingerprint density at radius 3 is 2.38 bits per heavy atom. The van der Waals surface area contributed by atoms with Crippen molar-refractivity contribution >= 4 is 29.3 Å². The number of aromatic nitrogens is 3. The first kappa shape index (κ1) is 23.3. The minimum Gasteiger partial charge on any atom is -0.345 e. The third kappa shape index (κ3) is 5.67. The quantitative estimate of drug-likeness (QED) is 0.373. The van der Waals surface area contributed by atoms with E-state index in [9.17, 15) is 9.59 Å². The maximum atomic E-state index is 12.8. The Balaban J connectivity index is 1.64. The highest BCUT2D eigenvalue weighted by atomic mass is 32.2. The zero-order valence-electron chi connectivity index (χ0n) is 18.6. The Morgan fingerprint density at radius 1 is 1.06 bits per heavy atom. The number of nitrogens with one attached hydrogen (secondary N) is 2. The summed E-state index contributed by atoms with van der Waals surface area (Å²) in [4.78, 5) is 25.4. The van der Waals surface area contributed by atoms with E-state index >= 15 is 0 Å². The highest BCUT2D eigenvalue weighted by Gasteiger charge is 2.23. The largest absolute Gasteiger partial charge is 0.345 e. The molecule has 0 aliphatic rings. The zero-order valence-corrected chi connectivity index (χ0v) is 19.4. The van der Waals surface area contributed by atoms with Crippen molar-refractivity contribution < 1.29 is 9.59 Å². The predicted octanol–water partition coefficient (Wildman–Crippen LogP) is 3.51. The van der Waals surface area contributed by atoms with E-state index in [1.807, 2.05) is 58.0 Å². The van der Waals surface area contributed by atoms with Gasteiger partial charge in [0.15, 0.2) is 5.82 Å². The first-order chi connectivity index (χ1) is 15.2. The molecule has 32 heavy (non-hydrogen) atoms. The number of thioether (sulfide) groups is 1. The molecule has 1 heterocycles. The Morgan fingerprint density at radius 2 is 1.72 bits per heavy atom. The summed E-state index contributed by atoms with van der Waals surface area (Å²) < 4.78 is 1.41. The number of carbonyl (C=O) groups excluding carboxylic acids is 2. The first-order valence-corrected chi connectivity index (χ1v) is 11.2. The Hall–Kier alpha value is -3.33. The zero-order chi connectivity index (χ0) is 23.3. The maximum absolute atomic E-state index is 12.8. The lowest BCUT2D eigenvalue weighted by Crippen LogP contribution is -2.28. The van der Waals surface area contributed by atoms with E-state index in [2.05, 4.69) is 20.8 Å². The molecule has 9 heteroatoms. The molecule has 1 atom stereocenters. The van der Waals surface area contributed by atoms with Gasteiger partial charge in [0.2, 0.25) is 11.1 Å². The van der Waals surface area contributed by atoms with Crippen molar-refractivity contribution in [3.05, 3.63) is 71.5 Å². The van der Waals surface area contributed by atoms with Crippen molar-refractivity contribution in [3.63, 3.8) is 0 Å². The summed E-state index contributed by atoms with van der Waals surface area (Å²) in [6.45, 7) is 7.88. The van der Waals surface area contributed by atoms with Gasteiger partial charge in [0.1, 0.15) is 0 Å². The second-order valence-electron chi connectivity index (χ2n) is 8.41. The Bertz CT molecular complexity index is 1090. The molecular formula is C23H28N6O2S. The minimum absolute atomic E-state index is 0.0792. The smallest absolute Gasteiger partial charge is 0.253 e. The van der Waals surface area contributed by atoms with E-state index in [-0.39, 0.29) is 29.0 Å². The number of hydrogen-bond donors (Lipinski definition) is 3. The van der Waals surface area contributed by atoms with Crippen LogP contribution in [-0.4, -0.2) is 32.4 Å². The van der Waals surface area contributed by atoms with Crippen molar-refractivity contribution in [2.75, 3.05) is 16.9 Å². The second kappa shape index (κ2) is 9.86. The molecule has 0 saturated carbocycles. The van der Waals surface area contributed by atoms with E-state index in [1.54, 1.807) is 24.3 Å². The fourth-order valence-electron chi connectivity index (χ4n) is 3.09. The molecule has 0 bridgehead atoms. The molecule has 1 aromatic heterocycles. The summed E-state index contributed by atoms with van der Waals surface area (Å²) >= 11 is 1.19. The topological polar surface area (TPSA) is 115 Å². The predicted molar refractivity (Wildman–Crippen MR) is 127 cm³/mol. The van der Waals surface area contributed by atoms with E-state index in [1.165, 1.54) is 16.4 Å². The van der Waals surface area contributed by atoms with Crippen LogP contribution in [0, 0.1) is 0 Å². The fourth-order valence-corrected chi connectivity index (χ4v) is 3.75. The molecule has 0 aliphatic carbocycles. The number of amides is 2. The molecule has 0 aliphatic heterocycles. The lowest BCUT2D eigenvalue weighted by Gasteiger charge is -2.17. The van der Waals surface area contributed by atoms with Crippen molar-refractivity contribution in [1.29, 1.82) is 0 Å². The van der Waals surface area contributed by atoms with Crippen LogP contribution in [0.1, 0.15) is 55.5 Å². The van der Waals surface area contributed by atoms with Gasteiger partial charge in [-0.2, -0.15) is 0 Å². The summed E-state index contributed by atoms with van der Waals surface area (Å²) in [5, 5.41) is 14.4. The van der Waals surface area contributed by atoms with E-state index in [4.69, 9.17) is 5.84 Å². The molecular weight excluding hydrogens is 424 g/mol. The molecule has 0 unspecified atom stereocenters. The van der Waals surface area contributed by atoms with Gasteiger partial charge in [-0.25, -0.2) is 4.68 Å². The fraction of sp³-hybridized carbons (Fsp3) is 0.304. The molecule has 0 saturated heterocycles. The number of benzene rings is 2. The van der Waals surface area contributed by atoms with Crippen LogP contribution in [0.5, 0.6) is 0 Å². The average Bonchev–Trinajstić information content (AvgIpc) is 3.14. The van der Waals surface area contributed by atoms with Crippen LogP contribution in [0.2, 0.25) is 0 Å². The number of carbonyl (C=O) groups is 2. The molecule has 2 aromatic carbocycles. The number of rotatable bonds is 7. The summed E-state index contributed by atoms with van der Waals surface area (Å²) in [7, 11) is 0. The van der Waals surface area contributed by atoms with Crippen LogP contribution < -0.4 is 16.5 Å². The highest BCUT2D eigenvalue weighted by molar-refractivity contribution is 7.99.